The molecular weight excluding hydrogens is 222 g/mol. The number of hydrogen-bond acceptors (Lipinski definition) is 3. The maximum atomic E-state index is 4.38. The standard InChI is InChI=1S/C15H19N3/c1-2-6-14-13(5-1)15(8-11-18-14)17-10-7-12-4-3-9-16-12/h1-2,5-6,8,11-12,16H,3-4,7,9-10H2,(H,17,18)/t12-/m0/s1. The molecule has 0 unspecified atom stereocenters. The van der Waals surface area contributed by atoms with Gasteiger partial charge in [0.05, 0.1) is 5.52 Å². The van der Waals surface area contributed by atoms with Crippen LogP contribution in [-0.4, -0.2) is 24.1 Å². The lowest BCUT2D eigenvalue weighted by molar-refractivity contribution is 0.574. The second-order valence-corrected chi connectivity index (χ2v) is 4.88. The monoisotopic (exact) mass is 241 g/mol. The second-order valence-electron chi connectivity index (χ2n) is 4.88. The summed E-state index contributed by atoms with van der Waals surface area (Å²) in [5.41, 5.74) is 2.25. The van der Waals surface area contributed by atoms with Crippen molar-refractivity contribution >= 4 is 16.6 Å². The summed E-state index contributed by atoms with van der Waals surface area (Å²) < 4.78 is 0. The van der Waals surface area contributed by atoms with Crippen LogP contribution in [0.1, 0.15) is 19.3 Å². The number of pyridine rings is 1. The van der Waals surface area contributed by atoms with Gasteiger partial charge in [-0.15, -0.1) is 0 Å². The number of anilines is 1. The zero-order chi connectivity index (χ0) is 12.2. The van der Waals surface area contributed by atoms with E-state index >= 15 is 0 Å². The molecular formula is C15H19N3. The number of hydrogen-bond donors (Lipinski definition) is 2. The number of benzene rings is 1. The minimum absolute atomic E-state index is 0.700. The highest BCUT2D eigenvalue weighted by Gasteiger charge is 2.13. The van der Waals surface area contributed by atoms with Crippen LogP contribution in [0.4, 0.5) is 5.69 Å². The molecule has 1 aliphatic heterocycles. The van der Waals surface area contributed by atoms with E-state index in [-0.39, 0.29) is 0 Å². The van der Waals surface area contributed by atoms with Gasteiger partial charge in [-0.2, -0.15) is 0 Å². The van der Waals surface area contributed by atoms with Crippen molar-refractivity contribution in [3.8, 4) is 0 Å². The van der Waals surface area contributed by atoms with Crippen molar-refractivity contribution in [2.24, 2.45) is 0 Å². The van der Waals surface area contributed by atoms with Crippen LogP contribution in [0.2, 0.25) is 0 Å². The summed E-state index contributed by atoms with van der Waals surface area (Å²) in [6.07, 6.45) is 5.71. The van der Waals surface area contributed by atoms with Gasteiger partial charge in [0, 0.05) is 29.9 Å². The fraction of sp³-hybridized carbons (Fsp3) is 0.400. The molecule has 18 heavy (non-hydrogen) atoms. The van der Waals surface area contributed by atoms with Crippen molar-refractivity contribution in [3.63, 3.8) is 0 Å². The van der Waals surface area contributed by atoms with E-state index in [1.54, 1.807) is 0 Å². The normalized spacial score (nSPS) is 19.2. The van der Waals surface area contributed by atoms with E-state index < -0.39 is 0 Å². The molecule has 1 aromatic carbocycles. The summed E-state index contributed by atoms with van der Waals surface area (Å²) in [5.74, 6) is 0. The van der Waals surface area contributed by atoms with Gasteiger partial charge in [-0.25, -0.2) is 0 Å². The Kier molecular flexibility index (Phi) is 3.42. The minimum atomic E-state index is 0.700. The number of nitrogens with zero attached hydrogens (tertiary/aromatic N) is 1. The van der Waals surface area contributed by atoms with Gasteiger partial charge in [0.2, 0.25) is 0 Å². The van der Waals surface area contributed by atoms with Gasteiger partial charge in [-0.05, 0) is 37.9 Å². The molecule has 0 radical (unpaired) electrons. The second kappa shape index (κ2) is 5.36. The molecule has 2 N–H and O–H groups in total. The molecule has 1 aromatic heterocycles. The summed E-state index contributed by atoms with van der Waals surface area (Å²) in [7, 11) is 0. The molecule has 2 heterocycles. The van der Waals surface area contributed by atoms with Crippen molar-refractivity contribution in [3.05, 3.63) is 36.5 Å². The summed E-state index contributed by atoms with van der Waals surface area (Å²) in [6, 6.07) is 11.0. The largest absolute Gasteiger partial charge is 0.384 e. The van der Waals surface area contributed by atoms with E-state index in [0.29, 0.717) is 6.04 Å². The van der Waals surface area contributed by atoms with Crippen molar-refractivity contribution in [2.75, 3.05) is 18.4 Å². The van der Waals surface area contributed by atoms with Gasteiger partial charge in [0.1, 0.15) is 0 Å². The maximum absolute atomic E-state index is 4.38. The molecule has 0 saturated carbocycles. The number of fused-ring (bicyclic) bond motifs is 1. The predicted octanol–water partition coefficient (Wildman–Crippen LogP) is 2.79. The van der Waals surface area contributed by atoms with Crippen LogP contribution < -0.4 is 10.6 Å². The van der Waals surface area contributed by atoms with Crippen LogP contribution >= 0.6 is 0 Å². The Balaban J connectivity index is 1.66. The van der Waals surface area contributed by atoms with Gasteiger partial charge in [-0.1, -0.05) is 18.2 Å². The molecule has 0 aliphatic carbocycles. The van der Waals surface area contributed by atoms with Crippen molar-refractivity contribution < 1.29 is 0 Å². The van der Waals surface area contributed by atoms with Crippen LogP contribution in [0, 0.1) is 0 Å². The number of aromatic nitrogens is 1. The Morgan fingerprint density at radius 1 is 1.28 bits per heavy atom. The zero-order valence-electron chi connectivity index (χ0n) is 10.5. The third kappa shape index (κ3) is 2.46. The molecule has 3 nitrogen and oxygen atoms in total. The lowest BCUT2D eigenvalue weighted by atomic mass is 10.1. The van der Waals surface area contributed by atoms with Crippen LogP contribution in [0.3, 0.4) is 0 Å². The van der Waals surface area contributed by atoms with E-state index in [9.17, 15) is 0 Å². The highest BCUT2D eigenvalue weighted by atomic mass is 15.0. The molecule has 1 fully saturated rings. The van der Waals surface area contributed by atoms with Crippen LogP contribution in [0.25, 0.3) is 10.9 Å². The van der Waals surface area contributed by atoms with Gasteiger partial charge < -0.3 is 10.6 Å². The van der Waals surface area contributed by atoms with E-state index in [0.717, 1.165) is 12.1 Å². The molecule has 1 aliphatic rings. The molecule has 0 bridgehead atoms. The van der Waals surface area contributed by atoms with Gasteiger partial charge in [0.15, 0.2) is 0 Å². The van der Waals surface area contributed by atoms with Crippen molar-refractivity contribution in [1.82, 2.24) is 10.3 Å². The third-order valence-electron chi connectivity index (χ3n) is 3.62. The maximum Gasteiger partial charge on any atom is 0.0722 e. The first-order chi connectivity index (χ1) is 8.93. The van der Waals surface area contributed by atoms with E-state index in [1.807, 2.05) is 12.3 Å². The van der Waals surface area contributed by atoms with Gasteiger partial charge in [-0.3, -0.25) is 4.98 Å². The molecule has 1 atom stereocenters. The minimum Gasteiger partial charge on any atom is -0.384 e. The first-order valence-corrected chi connectivity index (χ1v) is 6.74. The quantitative estimate of drug-likeness (QED) is 0.864. The Morgan fingerprint density at radius 2 is 2.22 bits per heavy atom. The Morgan fingerprint density at radius 3 is 3.11 bits per heavy atom. The summed E-state index contributed by atoms with van der Waals surface area (Å²) in [4.78, 5) is 4.38. The molecule has 2 aromatic rings. The number of rotatable bonds is 4. The SMILES string of the molecule is c1ccc2c(NCC[C@@H]3CCCN3)ccnc2c1. The Hall–Kier alpha value is -1.61. The lowest BCUT2D eigenvalue weighted by Gasteiger charge is -2.12. The van der Waals surface area contributed by atoms with E-state index in [1.165, 1.54) is 36.9 Å². The third-order valence-corrected chi connectivity index (χ3v) is 3.62. The molecule has 94 valence electrons. The van der Waals surface area contributed by atoms with Crippen LogP contribution in [0.15, 0.2) is 36.5 Å². The fourth-order valence-corrected chi connectivity index (χ4v) is 2.63. The molecule has 0 amide bonds. The fourth-order valence-electron chi connectivity index (χ4n) is 2.63. The van der Waals surface area contributed by atoms with Crippen molar-refractivity contribution in [1.29, 1.82) is 0 Å². The Labute approximate surface area is 108 Å². The first-order valence-electron chi connectivity index (χ1n) is 6.74. The van der Waals surface area contributed by atoms with E-state index in [4.69, 9.17) is 0 Å². The van der Waals surface area contributed by atoms with E-state index in [2.05, 4.69) is 39.9 Å². The predicted molar refractivity (Wildman–Crippen MR) is 75.9 cm³/mol. The van der Waals surface area contributed by atoms with Gasteiger partial charge >= 0.3 is 0 Å². The van der Waals surface area contributed by atoms with Crippen LogP contribution in [-0.2, 0) is 0 Å². The summed E-state index contributed by atoms with van der Waals surface area (Å²) in [5, 5.41) is 8.27. The molecule has 3 rings (SSSR count). The topological polar surface area (TPSA) is 37.0 Å². The number of para-hydroxylation sites is 1. The molecule has 1 saturated heterocycles. The van der Waals surface area contributed by atoms with Gasteiger partial charge in [0.25, 0.3) is 0 Å². The molecule has 0 spiro atoms. The lowest BCUT2D eigenvalue weighted by Crippen LogP contribution is -2.24. The summed E-state index contributed by atoms with van der Waals surface area (Å²) in [6.45, 7) is 2.20. The first kappa shape index (κ1) is 11.5. The van der Waals surface area contributed by atoms with Crippen LogP contribution in [0.5, 0.6) is 0 Å². The number of nitrogens with one attached hydrogen (secondary N) is 2. The highest BCUT2D eigenvalue weighted by Crippen LogP contribution is 2.21. The smallest absolute Gasteiger partial charge is 0.0722 e. The highest BCUT2D eigenvalue weighted by molar-refractivity contribution is 5.90. The van der Waals surface area contributed by atoms with Crippen molar-refractivity contribution in [2.45, 2.75) is 25.3 Å². The average Bonchev–Trinajstić information content (AvgIpc) is 2.92. The Bertz CT molecular complexity index is 513. The zero-order valence-corrected chi connectivity index (χ0v) is 10.5. The summed E-state index contributed by atoms with van der Waals surface area (Å²) >= 11 is 0. The average molecular weight is 241 g/mol. The molecule has 3 heteroatoms.